The van der Waals surface area contributed by atoms with E-state index in [1.807, 2.05) is 6.07 Å². The Balaban J connectivity index is 1.68. The van der Waals surface area contributed by atoms with Gasteiger partial charge < -0.3 is 15.3 Å². The molecule has 1 aromatic carbocycles. The molecule has 1 fully saturated rings. The lowest BCUT2D eigenvalue weighted by Gasteiger charge is -2.38. The first-order valence-corrected chi connectivity index (χ1v) is 7.59. The summed E-state index contributed by atoms with van der Waals surface area (Å²) in [5, 5.41) is 11.5. The first kappa shape index (κ1) is 13.9. The van der Waals surface area contributed by atoms with Crippen LogP contribution < -0.4 is 5.32 Å². The number of carboxylic acid groups (broad SMARTS) is 1. The van der Waals surface area contributed by atoms with E-state index in [1.54, 1.807) is 17.0 Å². The minimum Gasteiger partial charge on any atom is -0.481 e. The zero-order valence-electron chi connectivity index (χ0n) is 11.2. The van der Waals surface area contributed by atoms with E-state index < -0.39 is 5.97 Å². The molecule has 3 rings (SSSR count). The van der Waals surface area contributed by atoms with Crippen LogP contribution in [0.25, 0.3) is 0 Å². The number of likely N-dealkylation sites (tertiary alicyclic amines) is 1. The van der Waals surface area contributed by atoms with Crippen molar-refractivity contribution in [2.75, 3.05) is 24.2 Å². The molecule has 0 unspecified atom stereocenters. The number of hydrogen-bond acceptors (Lipinski definition) is 4. The number of amides is 2. The Bertz CT molecular complexity index is 625. The van der Waals surface area contributed by atoms with Crippen LogP contribution in [0, 0.1) is 5.92 Å². The summed E-state index contributed by atoms with van der Waals surface area (Å²) in [5.74, 6) is -0.588. The Morgan fingerprint density at radius 1 is 1.38 bits per heavy atom. The number of aliphatic carboxylic acids is 1. The van der Waals surface area contributed by atoms with E-state index in [0.717, 1.165) is 4.90 Å². The van der Waals surface area contributed by atoms with Gasteiger partial charge in [0.05, 0.1) is 17.9 Å². The van der Waals surface area contributed by atoms with Crippen LogP contribution in [0.5, 0.6) is 0 Å². The number of thioether (sulfide) groups is 1. The monoisotopic (exact) mass is 306 g/mol. The molecule has 0 bridgehead atoms. The van der Waals surface area contributed by atoms with Gasteiger partial charge >= 0.3 is 5.97 Å². The molecule has 6 nitrogen and oxygen atoms in total. The smallest absolute Gasteiger partial charge is 0.303 e. The molecule has 0 aliphatic carbocycles. The zero-order valence-corrected chi connectivity index (χ0v) is 12.0. The van der Waals surface area contributed by atoms with E-state index in [4.69, 9.17) is 5.11 Å². The molecule has 110 valence electrons. The van der Waals surface area contributed by atoms with Crippen LogP contribution in [-0.2, 0) is 9.59 Å². The highest BCUT2D eigenvalue weighted by Crippen LogP contribution is 2.32. The van der Waals surface area contributed by atoms with Crippen molar-refractivity contribution in [3.8, 4) is 0 Å². The highest BCUT2D eigenvalue weighted by atomic mass is 32.2. The van der Waals surface area contributed by atoms with E-state index in [1.165, 1.54) is 11.8 Å². The molecule has 2 heterocycles. The second-order valence-electron chi connectivity index (χ2n) is 5.22. The average Bonchev–Trinajstić information content (AvgIpc) is 2.40. The Kier molecular flexibility index (Phi) is 3.59. The van der Waals surface area contributed by atoms with Gasteiger partial charge in [-0.1, -0.05) is 0 Å². The maximum Gasteiger partial charge on any atom is 0.303 e. The van der Waals surface area contributed by atoms with Crippen molar-refractivity contribution < 1.29 is 19.5 Å². The fourth-order valence-electron chi connectivity index (χ4n) is 2.51. The lowest BCUT2D eigenvalue weighted by Crippen LogP contribution is -2.50. The second-order valence-corrected chi connectivity index (χ2v) is 6.24. The number of carboxylic acids is 1. The molecular weight excluding hydrogens is 292 g/mol. The molecule has 2 N–H and O–H groups in total. The number of nitrogens with one attached hydrogen (secondary N) is 1. The van der Waals surface area contributed by atoms with Crippen LogP contribution in [0.1, 0.15) is 16.8 Å². The average molecular weight is 306 g/mol. The molecule has 0 radical (unpaired) electrons. The lowest BCUT2D eigenvalue weighted by molar-refractivity contribution is -0.139. The zero-order chi connectivity index (χ0) is 15.0. The number of fused-ring (bicyclic) bond motifs is 1. The summed E-state index contributed by atoms with van der Waals surface area (Å²) in [4.78, 5) is 36.8. The molecule has 2 aliphatic rings. The molecule has 0 spiro atoms. The largest absolute Gasteiger partial charge is 0.481 e. The minimum absolute atomic E-state index is 0.0411. The third-order valence-corrected chi connectivity index (χ3v) is 4.64. The molecule has 0 aromatic heterocycles. The van der Waals surface area contributed by atoms with Crippen molar-refractivity contribution >= 4 is 35.2 Å². The summed E-state index contributed by atoms with van der Waals surface area (Å²) in [6.45, 7) is 0.951. The van der Waals surface area contributed by atoms with Crippen LogP contribution in [0.2, 0.25) is 0 Å². The van der Waals surface area contributed by atoms with Gasteiger partial charge in [0, 0.05) is 29.5 Å². The number of rotatable bonds is 3. The van der Waals surface area contributed by atoms with Crippen LogP contribution >= 0.6 is 11.8 Å². The molecule has 21 heavy (non-hydrogen) atoms. The maximum atomic E-state index is 12.3. The quantitative estimate of drug-likeness (QED) is 0.878. The first-order valence-electron chi connectivity index (χ1n) is 6.60. The predicted octanol–water partition coefficient (Wildman–Crippen LogP) is 1.28. The third-order valence-electron chi connectivity index (χ3n) is 3.57. The van der Waals surface area contributed by atoms with Gasteiger partial charge in [-0.3, -0.25) is 14.4 Å². The third kappa shape index (κ3) is 2.87. The Morgan fingerprint density at radius 3 is 2.86 bits per heavy atom. The van der Waals surface area contributed by atoms with Gasteiger partial charge in [-0.2, -0.15) is 0 Å². The number of benzene rings is 1. The number of hydrogen-bond donors (Lipinski definition) is 2. The molecule has 1 saturated heterocycles. The van der Waals surface area contributed by atoms with Gasteiger partial charge in [0.1, 0.15) is 0 Å². The van der Waals surface area contributed by atoms with Crippen molar-refractivity contribution in [1.29, 1.82) is 0 Å². The van der Waals surface area contributed by atoms with E-state index in [-0.39, 0.29) is 24.2 Å². The lowest BCUT2D eigenvalue weighted by atomic mass is 9.95. The number of carbonyl (C=O) groups is 3. The van der Waals surface area contributed by atoms with Gasteiger partial charge in [-0.25, -0.2) is 0 Å². The van der Waals surface area contributed by atoms with Gasteiger partial charge in [0.25, 0.3) is 5.91 Å². The maximum absolute atomic E-state index is 12.3. The Morgan fingerprint density at radius 2 is 2.14 bits per heavy atom. The summed E-state index contributed by atoms with van der Waals surface area (Å²) in [5.41, 5.74) is 1.19. The van der Waals surface area contributed by atoms with E-state index in [9.17, 15) is 14.4 Å². The summed E-state index contributed by atoms with van der Waals surface area (Å²) >= 11 is 1.45. The summed E-state index contributed by atoms with van der Waals surface area (Å²) in [6.07, 6.45) is 0.0979. The van der Waals surface area contributed by atoms with Crippen LogP contribution in [0.3, 0.4) is 0 Å². The fraction of sp³-hybridized carbons (Fsp3) is 0.357. The van der Waals surface area contributed by atoms with Crippen molar-refractivity contribution in [3.05, 3.63) is 23.8 Å². The van der Waals surface area contributed by atoms with Crippen molar-refractivity contribution in [1.82, 2.24) is 4.90 Å². The van der Waals surface area contributed by atoms with Gasteiger partial charge in [-0.05, 0) is 18.2 Å². The standard InChI is InChI=1S/C14H14N2O4S/c17-12-7-21-11-2-1-9(4-10(11)15-12)14(20)16-5-8(6-16)3-13(18)19/h1-2,4,8H,3,5-7H2,(H,15,17)(H,18,19). The molecular formula is C14H14N2O4S. The normalized spacial score (nSPS) is 17.7. The van der Waals surface area contributed by atoms with Gasteiger partial charge in [0.15, 0.2) is 0 Å². The number of anilines is 1. The predicted molar refractivity (Wildman–Crippen MR) is 77.4 cm³/mol. The first-order chi connectivity index (χ1) is 10.0. The van der Waals surface area contributed by atoms with Gasteiger partial charge in [-0.15, -0.1) is 11.8 Å². The minimum atomic E-state index is -0.833. The van der Waals surface area contributed by atoms with Crippen molar-refractivity contribution in [2.24, 2.45) is 5.92 Å². The van der Waals surface area contributed by atoms with E-state index in [2.05, 4.69) is 5.32 Å². The molecule has 2 amide bonds. The highest BCUT2D eigenvalue weighted by molar-refractivity contribution is 8.00. The Hall–Kier alpha value is -2.02. The summed E-state index contributed by atoms with van der Waals surface area (Å²) in [6, 6.07) is 5.27. The van der Waals surface area contributed by atoms with E-state index in [0.29, 0.717) is 30.1 Å². The molecule has 1 aromatic rings. The topological polar surface area (TPSA) is 86.7 Å². The fourth-order valence-corrected chi connectivity index (χ4v) is 3.30. The second kappa shape index (κ2) is 5.40. The van der Waals surface area contributed by atoms with Gasteiger partial charge in [0.2, 0.25) is 5.91 Å². The van der Waals surface area contributed by atoms with E-state index >= 15 is 0 Å². The summed E-state index contributed by atoms with van der Waals surface area (Å²) in [7, 11) is 0. The molecule has 0 atom stereocenters. The number of carbonyl (C=O) groups excluding carboxylic acids is 2. The molecule has 7 heteroatoms. The molecule has 0 saturated carbocycles. The van der Waals surface area contributed by atoms with Crippen LogP contribution in [0.4, 0.5) is 5.69 Å². The van der Waals surface area contributed by atoms with Crippen LogP contribution in [0.15, 0.2) is 23.1 Å². The highest BCUT2D eigenvalue weighted by Gasteiger charge is 2.32. The number of nitrogens with zero attached hydrogens (tertiary/aromatic N) is 1. The summed E-state index contributed by atoms with van der Waals surface area (Å²) < 4.78 is 0. The van der Waals surface area contributed by atoms with Crippen LogP contribution in [-0.4, -0.2) is 46.6 Å². The SMILES string of the molecule is O=C(O)CC1CN(C(=O)c2ccc3c(c2)NC(=O)CS3)C1. The molecule has 2 aliphatic heterocycles. The Labute approximate surface area is 125 Å². The van der Waals surface area contributed by atoms with Crippen molar-refractivity contribution in [2.45, 2.75) is 11.3 Å². The van der Waals surface area contributed by atoms with Crippen molar-refractivity contribution in [3.63, 3.8) is 0 Å².